The molecule has 3 nitrogen and oxygen atoms in total. The van der Waals surface area contributed by atoms with Crippen molar-refractivity contribution in [2.24, 2.45) is 5.73 Å². The number of benzene rings is 1. The summed E-state index contributed by atoms with van der Waals surface area (Å²) >= 11 is 4.72. The molecule has 2 N–H and O–H groups in total. The maximum Gasteiger partial charge on any atom is 0.417 e. The Morgan fingerprint density at radius 3 is 2.50 bits per heavy atom. The molecule has 20 heavy (non-hydrogen) atoms. The molecule has 1 rings (SSSR count). The van der Waals surface area contributed by atoms with Crippen molar-refractivity contribution in [1.82, 2.24) is 0 Å². The zero-order valence-corrected chi connectivity index (χ0v) is 12.1. The van der Waals surface area contributed by atoms with Gasteiger partial charge in [-0.25, -0.2) is 0 Å². The molecule has 112 valence electrons. The van der Waals surface area contributed by atoms with Crippen molar-refractivity contribution >= 4 is 22.9 Å². The molecule has 7 heteroatoms. The van der Waals surface area contributed by atoms with Gasteiger partial charge in [-0.3, -0.25) is 0 Å². The molecule has 0 saturated carbocycles. The van der Waals surface area contributed by atoms with E-state index in [1.807, 2.05) is 11.8 Å². The van der Waals surface area contributed by atoms with Gasteiger partial charge in [-0.05, 0) is 25.1 Å². The summed E-state index contributed by atoms with van der Waals surface area (Å²) < 4.78 is 43.6. The molecule has 0 aliphatic carbocycles. The second-order valence-corrected chi connectivity index (χ2v) is 4.60. The molecule has 0 radical (unpaired) electrons. The number of nitrogens with zero attached hydrogens (tertiary/aromatic N) is 1. The summed E-state index contributed by atoms with van der Waals surface area (Å²) in [5.74, 6) is 0. The lowest BCUT2D eigenvalue weighted by Crippen LogP contribution is -2.27. The molecule has 0 fully saturated rings. The van der Waals surface area contributed by atoms with E-state index in [0.717, 1.165) is 6.07 Å². The molecule has 0 amide bonds. The zero-order chi connectivity index (χ0) is 15.3. The summed E-state index contributed by atoms with van der Waals surface area (Å²) in [6.07, 6.45) is -4.47. The highest BCUT2D eigenvalue weighted by Gasteiger charge is 2.34. The van der Waals surface area contributed by atoms with Gasteiger partial charge in [-0.2, -0.15) is 13.2 Å². The van der Waals surface area contributed by atoms with E-state index < -0.39 is 11.7 Å². The fourth-order valence-electron chi connectivity index (χ4n) is 1.85. The van der Waals surface area contributed by atoms with Gasteiger partial charge in [0.05, 0.1) is 12.2 Å². The van der Waals surface area contributed by atoms with Crippen LogP contribution in [0.25, 0.3) is 0 Å². The first-order valence-electron chi connectivity index (χ1n) is 6.06. The van der Waals surface area contributed by atoms with Gasteiger partial charge in [-0.15, -0.1) is 0 Å². The van der Waals surface area contributed by atoms with Crippen LogP contribution in [0.4, 0.5) is 18.9 Å². The Kier molecular flexibility index (Phi) is 5.76. The van der Waals surface area contributed by atoms with Crippen molar-refractivity contribution in [3.63, 3.8) is 0 Å². The number of thiocarbonyl (C=S) groups is 1. The highest BCUT2D eigenvalue weighted by atomic mass is 32.1. The third-order valence-electron chi connectivity index (χ3n) is 2.89. The number of hydrogen-bond acceptors (Lipinski definition) is 3. The average molecular weight is 306 g/mol. The van der Waals surface area contributed by atoms with Crippen molar-refractivity contribution in [2.45, 2.75) is 13.1 Å². The van der Waals surface area contributed by atoms with Crippen LogP contribution in [-0.2, 0) is 10.9 Å². The minimum atomic E-state index is -4.47. The summed E-state index contributed by atoms with van der Waals surface area (Å²) in [6.45, 7) is 3.62. The lowest BCUT2D eigenvalue weighted by Gasteiger charge is -2.24. The Labute approximate surface area is 121 Å². The molecule has 0 spiro atoms. The molecule has 0 atom stereocenters. The summed E-state index contributed by atoms with van der Waals surface area (Å²) in [5.41, 5.74) is 5.09. The van der Waals surface area contributed by atoms with E-state index in [-0.39, 0.29) is 10.6 Å². The smallest absolute Gasteiger partial charge is 0.389 e. The van der Waals surface area contributed by atoms with Crippen LogP contribution in [0.1, 0.15) is 18.1 Å². The Morgan fingerprint density at radius 1 is 1.40 bits per heavy atom. The lowest BCUT2D eigenvalue weighted by atomic mass is 10.1. The predicted molar refractivity (Wildman–Crippen MR) is 77.1 cm³/mol. The summed E-state index contributed by atoms with van der Waals surface area (Å²) in [5, 5.41) is 0. The number of likely N-dealkylation sites (N-methyl/N-ethyl adjacent to an activating group) is 1. The van der Waals surface area contributed by atoms with Gasteiger partial charge in [0.15, 0.2) is 0 Å². The first-order chi connectivity index (χ1) is 9.31. The van der Waals surface area contributed by atoms with Crippen molar-refractivity contribution in [3.8, 4) is 0 Å². The van der Waals surface area contributed by atoms with Crippen LogP contribution in [0.2, 0.25) is 0 Å². The number of nitrogens with two attached hydrogens (primary N) is 1. The number of halogens is 3. The van der Waals surface area contributed by atoms with E-state index in [1.54, 1.807) is 7.11 Å². The number of hydrogen-bond donors (Lipinski definition) is 1. The highest BCUT2D eigenvalue weighted by Crippen LogP contribution is 2.34. The second kappa shape index (κ2) is 6.90. The third kappa shape index (κ3) is 4.08. The van der Waals surface area contributed by atoms with Crippen LogP contribution in [0.3, 0.4) is 0 Å². The quantitative estimate of drug-likeness (QED) is 0.820. The van der Waals surface area contributed by atoms with Gasteiger partial charge in [0.2, 0.25) is 0 Å². The SMILES string of the molecule is CCN(CCOC)c1ccc(C(F)(F)F)c(C(N)=S)c1. The van der Waals surface area contributed by atoms with Crippen LogP contribution in [-0.4, -0.2) is 31.8 Å². The molecule has 0 aliphatic rings. The number of methoxy groups -OCH3 is 1. The highest BCUT2D eigenvalue weighted by molar-refractivity contribution is 7.80. The molecule has 0 bridgehead atoms. The van der Waals surface area contributed by atoms with E-state index in [0.29, 0.717) is 25.4 Å². The van der Waals surface area contributed by atoms with E-state index in [1.165, 1.54) is 12.1 Å². The molecule has 0 heterocycles. The van der Waals surface area contributed by atoms with E-state index in [9.17, 15) is 13.2 Å². The number of anilines is 1. The first kappa shape index (κ1) is 16.7. The van der Waals surface area contributed by atoms with Crippen LogP contribution in [0.15, 0.2) is 18.2 Å². The Hall–Kier alpha value is -1.34. The van der Waals surface area contributed by atoms with E-state index >= 15 is 0 Å². The second-order valence-electron chi connectivity index (χ2n) is 4.16. The molecule has 0 saturated heterocycles. The van der Waals surface area contributed by atoms with E-state index in [4.69, 9.17) is 22.7 Å². The van der Waals surface area contributed by atoms with Crippen LogP contribution >= 0.6 is 12.2 Å². The van der Waals surface area contributed by atoms with Crippen molar-refractivity contribution < 1.29 is 17.9 Å². The Balaban J connectivity index is 3.19. The van der Waals surface area contributed by atoms with Gasteiger partial charge in [0.25, 0.3) is 0 Å². The minimum Gasteiger partial charge on any atom is -0.389 e. The molecule has 0 unspecified atom stereocenters. The number of rotatable bonds is 6. The lowest BCUT2D eigenvalue weighted by molar-refractivity contribution is -0.137. The van der Waals surface area contributed by atoms with Crippen molar-refractivity contribution in [3.05, 3.63) is 29.3 Å². The topological polar surface area (TPSA) is 38.5 Å². The van der Waals surface area contributed by atoms with Crippen LogP contribution in [0.5, 0.6) is 0 Å². The van der Waals surface area contributed by atoms with Gasteiger partial charge >= 0.3 is 6.18 Å². The van der Waals surface area contributed by atoms with Gasteiger partial charge in [0, 0.05) is 31.5 Å². The zero-order valence-electron chi connectivity index (χ0n) is 11.3. The summed E-state index contributed by atoms with van der Waals surface area (Å²) in [4.78, 5) is 1.63. The van der Waals surface area contributed by atoms with Gasteiger partial charge < -0.3 is 15.4 Å². The fraction of sp³-hybridized carbons (Fsp3) is 0.462. The predicted octanol–water partition coefficient (Wildman–Crippen LogP) is 2.81. The van der Waals surface area contributed by atoms with Crippen molar-refractivity contribution in [1.29, 1.82) is 0 Å². The first-order valence-corrected chi connectivity index (χ1v) is 6.47. The van der Waals surface area contributed by atoms with Gasteiger partial charge in [0.1, 0.15) is 4.99 Å². The molecular weight excluding hydrogens is 289 g/mol. The Bertz CT molecular complexity index is 477. The molecular formula is C13H17F3N2OS. The van der Waals surface area contributed by atoms with E-state index in [2.05, 4.69) is 0 Å². The maximum atomic E-state index is 12.9. The molecule has 0 aliphatic heterocycles. The van der Waals surface area contributed by atoms with Crippen LogP contribution < -0.4 is 10.6 Å². The Morgan fingerprint density at radius 2 is 2.05 bits per heavy atom. The molecule has 1 aromatic carbocycles. The minimum absolute atomic E-state index is 0.152. The third-order valence-corrected chi connectivity index (χ3v) is 3.11. The molecule has 1 aromatic rings. The number of ether oxygens (including phenoxy) is 1. The van der Waals surface area contributed by atoms with Gasteiger partial charge in [-0.1, -0.05) is 12.2 Å². The summed E-state index contributed by atoms with van der Waals surface area (Å²) in [7, 11) is 1.57. The average Bonchev–Trinajstić information content (AvgIpc) is 2.38. The maximum absolute atomic E-state index is 12.9. The largest absolute Gasteiger partial charge is 0.417 e. The number of alkyl halides is 3. The van der Waals surface area contributed by atoms with Crippen molar-refractivity contribution in [2.75, 3.05) is 31.7 Å². The van der Waals surface area contributed by atoms with Crippen LogP contribution in [0, 0.1) is 0 Å². The monoisotopic (exact) mass is 306 g/mol. The standard InChI is InChI=1S/C13H17F3N2OS/c1-3-18(6-7-19-2)9-4-5-11(13(14,15)16)10(8-9)12(17)20/h4-5,8H,3,6-7H2,1-2H3,(H2,17,20). The normalized spacial score (nSPS) is 11.4. The molecule has 0 aromatic heterocycles. The summed E-state index contributed by atoms with van der Waals surface area (Å²) in [6, 6.07) is 3.81. The fourth-order valence-corrected chi connectivity index (χ4v) is 2.02.